The Morgan fingerprint density at radius 2 is 2.41 bits per heavy atom. The van der Waals surface area contributed by atoms with E-state index in [2.05, 4.69) is 47.2 Å². The zero-order valence-electron chi connectivity index (χ0n) is 10.4. The van der Waals surface area contributed by atoms with Gasteiger partial charge in [-0.05, 0) is 53.4 Å². The van der Waals surface area contributed by atoms with Gasteiger partial charge in [0, 0.05) is 11.5 Å². The molecule has 0 saturated carbocycles. The van der Waals surface area contributed by atoms with Crippen molar-refractivity contribution in [3.63, 3.8) is 0 Å². The van der Waals surface area contributed by atoms with Crippen LogP contribution in [0.3, 0.4) is 0 Å². The summed E-state index contributed by atoms with van der Waals surface area (Å²) in [6.45, 7) is 6.45. The number of halogens is 1. The monoisotopic (exact) mass is 317 g/mol. The van der Waals surface area contributed by atoms with Gasteiger partial charge in [0.05, 0.1) is 15.9 Å². The number of nitrogens with one attached hydrogen (secondary N) is 1. The van der Waals surface area contributed by atoms with E-state index >= 15 is 0 Å². The number of hydrogen-bond acceptors (Lipinski definition) is 3. The van der Waals surface area contributed by atoms with Crippen LogP contribution >= 0.6 is 27.3 Å². The maximum atomic E-state index is 5.92. The van der Waals surface area contributed by atoms with Crippen LogP contribution in [0.5, 0.6) is 0 Å². The molecule has 1 aromatic heterocycles. The molecule has 3 unspecified atom stereocenters. The van der Waals surface area contributed by atoms with Gasteiger partial charge in [0.15, 0.2) is 0 Å². The molecule has 0 aliphatic carbocycles. The molecule has 1 aliphatic heterocycles. The molecule has 1 aliphatic rings. The van der Waals surface area contributed by atoms with Gasteiger partial charge in [0.1, 0.15) is 0 Å². The second-order valence-corrected chi connectivity index (χ2v) is 7.17. The Bertz CT molecular complexity index is 355. The standard InChI is InChI=1S/C13H20BrNOS/c1-3-7-15-12(10-4-5-11(14)17-10)13-9(2)6-8-16-13/h4-5,9,12-13,15H,3,6-8H2,1-2H3. The number of rotatable bonds is 5. The third-order valence-electron chi connectivity index (χ3n) is 3.29. The number of hydrogen-bond donors (Lipinski definition) is 1. The summed E-state index contributed by atoms with van der Waals surface area (Å²) in [6.07, 6.45) is 2.66. The molecule has 0 bridgehead atoms. The summed E-state index contributed by atoms with van der Waals surface area (Å²) in [5.41, 5.74) is 0. The van der Waals surface area contributed by atoms with Crippen molar-refractivity contribution in [3.05, 3.63) is 20.8 Å². The maximum absolute atomic E-state index is 5.92. The predicted molar refractivity (Wildman–Crippen MR) is 76.6 cm³/mol. The lowest BCUT2D eigenvalue weighted by molar-refractivity contribution is 0.0618. The van der Waals surface area contributed by atoms with Crippen molar-refractivity contribution in [2.24, 2.45) is 5.92 Å². The summed E-state index contributed by atoms with van der Waals surface area (Å²) in [6, 6.07) is 4.68. The van der Waals surface area contributed by atoms with Gasteiger partial charge in [-0.3, -0.25) is 0 Å². The summed E-state index contributed by atoms with van der Waals surface area (Å²) in [4.78, 5) is 1.38. The normalized spacial score (nSPS) is 26.3. The molecule has 3 atom stereocenters. The highest BCUT2D eigenvalue weighted by atomic mass is 79.9. The van der Waals surface area contributed by atoms with Crippen LogP contribution in [0, 0.1) is 5.92 Å². The van der Waals surface area contributed by atoms with Gasteiger partial charge >= 0.3 is 0 Å². The van der Waals surface area contributed by atoms with E-state index in [1.807, 2.05) is 11.3 Å². The molecule has 1 aromatic rings. The fraction of sp³-hybridized carbons (Fsp3) is 0.692. The van der Waals surface area contributed by atoms with E-state index in [4.69, 9.17) is 4.74 Å². The first-order valence-corrected chi connectivity index (χ1v) is 7.93. The van der Waals surface area contributed by atoms with Gasteiger partial charge in [-0.15, -0.1) is 11.3 Å². The molecule has 0 aromatic carbocycles. The maximum Gasteiger partial charge on any atom is 0.0804 e. The first-order chi connectivity index (χ1) is 8.22. The van der Waals surface area contributed by atoms with Crippen LogP contribution in [0.1, 0.15) is 37.6 Å². The minimum atomic E-state index is 0.326. The SMILES string of the molecule is CCCNC(c1ccc(Br)s1)C1OCCC1C. The van der Waals surface area contributed by atoms with E-state index in [-0.39, 0.29) is 0 Å². The molecule has 0 amide bonds. The quantitative estimate of drug-likeness (QED) is 0.887. The molecule has 96 valence electrons. The van der Waals surface area contributed by atoms with Crippen molar-refractivity contribution in [3.8, 4) is 0 Å². The highest BCUT2D eigenvalue weighted by molar-refractivity contribution is 9.11. The highest BCUT2D eigenvalue weighted by Crippen LogP contribution is 2.35. The molecule has 2 heterocycles. The molecular formula is C13H20BrNOS. The van der Waals surface area contributed by atoms with Crippen LogP contribution in [0.15, 0.2) is 15.9 Å². The van der Waals surface area contributed by atoms with E-state index < -0.39 is 0 Å². The summed E-state index contributed by atoms with van der Waals surface area (Å²) < 4.78 is 7.11. The molecule has 2 nitrogen and oxygen atoms in total. The molecular weight excluding hydrogens is 298 g/mol. The first kappa shape index (κ1) is 13.5. The molecule has 1 fully saturated rings. The van der Waals surface area contributed by atoms with E-state index in [1.165, 1.54) is 15.1 Å². The molecule has 0 spiro atoms. The Labute approximate surface area is 116 Å². The molecule has 1 N–H and O–H groups in total. The van der Waals surface area contributed by atoms with Gasteiger partial charge in [0.2, 0.25) is 0 Å². The summed E-state index contributed by atoms with van der Waals surface area (Å²) in [5.74, 6) is 0.644. The Morgan fingerprint density at radius 3 is 2.94 bits per heavy atom. The average Bonchev–Trinajstić information content (AvgIpc) is 2.90. The van der Waals surface area contributed by atoms with Gasteiger partial charge in [-0.2, -0.15) is 0 Å². The second-order valence-electron chi connectivity index (χ2n) is 4.68. The summed E-state index contributed by atoms with van der Waals surface area (Å²) in [7, 11) is 0. The molecule has 4 heteroatoms. The van der Waals surface area contributed by atoms with Gasteiger partial charge in [0.25, 0.3) is 0 Å². The van der Waals surface area contributed by atoms with E-state index in [0.29, 0.717) is 18.1 Å². The van der Waals surface area contributed by atoms with Crippen LogP contribution in [0.2, 0.25) is 0 Å². The molecule has 1 saturated heterocycles. The zero-order valence-corrected chi connectivity index (χ0v) is 12.8. The van der Waals surface area contributed by atoms with Gasteiger partial charge in [-0.1, -0.05) is 13.8 Å². The van der Waals surface area contributed by atoms with Crippen molar-refractivity contribution < 1.29 is 4.74 Å². The fourth-order valence-electron chi connectivity index (χ4n) is 2.32. The van der Waals surface area contributed by atoms with Crippen molar-refractivity contribution in [1.82, 2.24) is 5.32 Å². The topological polar surface area (TPSA) is 21.3 Å². The Morgan fingerprint density at radius 1 is 1.59 bits per heavy atom. The summed E-state index contributed by atoms with van der Waals surface area (Å²) >= 11 is 5.35. The van der Waals surface area contributed by atoms with Gasteiger partial charge < -0.3 is 10.1 Å². The van der Waals surface area contributed by atoms with E-state index in [1.54, 1.807) is 0 Å². The minimum Gasteiger partial charge on any atom is -0.376 e. The van der Waals surface area contributed by atoms with E-state index in [9.17, 15) is 0 Å². The lowest BCUT2D eigenvalue weighted by Gasteiger charge is -2.26. The lowest BCUT2D eigenvalue weighted by atomic mass is 9.96. The fourth-order valence-corrected chi connectivity index (χ4v) is 3.85. The highest BCUT2D eigenvalue weighted by Gasteiger charge is 2.33. The van der Waals surface area contributed by atoms with Crippen molar-refractivity contribution in [2.75, 3.05) is 13.2 Å². The predicted octanol–water partition coefficient (Wildman–Crippen LogP) is 3.98. The Hall–Kier alpha value is 0.1000. The van der Waals surface area contributed by atoms with Crippen LogP contribution in [-0.2, 0) is 4.74 Å². The number of thiophene rings is 1. The smallest absolute Gasteiger partial charge is 0.0804 e. The van der Waals surface area contributed by atoms with E-state index in [0.717, 1.165) is 19.6 Å². The average molecular weight is 318 g/mol. The van der Waals surface area contributed by atoms with Crippen molar-refractivity contribution in [2.45, 2.75) is 38.8 Å². The zero-order chi connectivity index (χ0) is 12.3. The van der Waals surface area contributed by atoms with Crippen LogP contribution in [0.25, 0.3) is 0 Å². The second kappa shape index (κ2) is 6.32. The molecule has 17 heavy (non-hydrogen) atoms. The van der Waals surface area contributed by atoms with Crippen molar-refractivity contribution in [1.29, 1.82) is 0 Å². The third kappa shape index (κ3) is 3.31. The largest absolute Gasteiger partial charge is 0.376 e. The molecule has 0 radical (unpaired) electrons. The van der Waals surface area contributed by atoms with Gasteiger partial charge in [-0.25, -0.2) is 0 Å². The van der Waals surface area contributed by atoms with Crippen molar-refractivity contribution >= 4 is 27.3 Å². The Kier molecular flexibility index (Phi) is 5.03. The first-order valence-electron chi connectivity index (χ1n) is 6.32. The molecule has 2 rings (SSSR count). The van der Waals surface area contributed by atoms with Crippen LogP contribution in [0.4, 0.5) is 0 Å². The summed E-state index contributed by atoms with van der Waals surface area (Å²) in [5, 5.41) is 3.64. The third-order valence-corrected chi connectivity index (χ3v) is 4.99. The van der Waals surface area contributed by atoms with Crippen LogP contribution in [-0.4, -0.2) is 19.3 Å². The minimum absolute atomic E-state index is 0.326. The van der Waals surface area contributed by atoms with Crippen LogP contribution < -0.4 is 5.32 Å². The number of ether oxygens (including phenoxy) is 1. The lowest BCUT2D eigenvalue weighted by Crippen LogP contribution is -2.34. The Balaban J connectivity index is 2.12.